The minimum Gasteiger partial charge on any atom is -0.493 e. The number of rotatable bonds is 3. The summed E-state index contributed by atoms with van der Waals surface area (Å²) in [7, 11) is 1.56. The maximum absolute atomic E-state index is 11.9. The van der Waals surface area contributed by atoms with E-state index in [9.17, 15) is 9.90 Å². The van der Waals surface area contributed by atoms with Gasteiger partial charge in [-0.2, -0.15) is 4.98 Å². The lowest BCUT2D eigenvalue weighted by atomic mass is 9.88. The van der Waals surface area contributed by atoms with E-state index in [2.05, 4.69) is 9.97 Å². The second kappa shape index (κ2) is 5.10. The van der Waals surface area contributed by atoms with E-state index in [1.54, 1.807) is 7.11 Å². The molecular weight excluding hydrogens is 232 g/mol. The molecule has 0 fully saturated rings. The van der Waals surface area contributed by atoms with Gasteiger partial charge in [0.1, 0.15) is 11.9 Å². The molecule has 1 aromatic heterocycles. The zero-order valence-electron chi connectivity index (χ0n) is 11.9. The largest absolute Gasteiger partial charge is 0.493 e. The number of nitrogens with one attached hydrogen (secondary N) is 1. The topological polar surface area (TPSA) is 75.2 Å². The van der Waals surface area contributed by atoms with Crippen molar-refractivity contribution in [3.63, 3.8) is 0 Å². The molecule has 0 saturated carbocycles. The van der Waals surface area contributed by atoms with Gasteiger partial charge < -0.3 is 14.8 Å². The van der Waals surface area contributed by atoms with Crippen LogP contribution in [0, 0.1) is 5.41 Å². The standard InChI is InChI=1S/C13H22N2O3/c1-7(2)8-11(16)14-10(15-12(8)17)9(18-6)13(3,4)5/h7,9H,1-6H3,(H2,14,15,16,17). The van der Waals surface area contributed by atoms with Crippen molar-refractivity contribution in [2.24, 2.45) is 5.41 Å². The molecule has 102 valence electrons. The van der Waals surface area contributed by atoms with Gasteiger partial charge in [0, 0.05) is 7.11 Å². The fraction of sp³-hybridized carbons (Fsp3) is 0.692. The van der Waals surface area contributed by atoms with Crippen molar-refractivity contribution >= 4 is 0 Å². The summed E-state index contributed by atoms with van der Waals surface area (Å²) in [6.45, 7) is 9.62. The van der Waals surface area contributed by atoms with Crippen molar-refractivity contribution in [3.05, 3.63) is 21.7 Å². The van der Waals surface area contributed by atoms with Crippen LogP contribution >= 0.6 is 0 Å². The van der Waals surface area contributed by atoms with Gasteiger partial charge >= 0.3 is 0 Å². The summed E-state index contributed by atoms with van der Waals surface area (Å²) in [6, 6.07) is 0. The minimum atomic E-state index is -0.377. The second-order valence-electron chi connectivity index (χ2n) is 5.82. The van der Waals surface area contributed by atoms with Crippen LogP contribution in [-0.2, 0) is 4.74 Å². The molecule has 0 aromatic carbocycles. The molecule has 1 aromatic rings. The summed E-state index contributed by atoms with van der Waals surface area (Å²) in [5.41, 5.74) is -0.225. The molecule has 1 atom stereocenters. The van der Waals surface area contributed by atoms with Crippen molar-refractivity contribution in [2.45, 2.75) is 46.6 Å². The van der Waals surface area contributed by atoms with E-state index >= 15 is 0 Å². The molecule has 1 heterocycles. The Kier molecular flexibility index (Phi) is 4.16. The van der Waals surface area contributed by atoms with E-state index in [0.29, 0.717) is 11.4 Å². The lowest BCUT2D eigenvalue weighted by Crippen LogP contribution is -2.26. The Balaban J connectivity index is 3.33. The summed E-state index contributed by atoms with van der Waals surface area (Å²) in [5.74, 6) is 0.0675. The molecule has 0 aliphatic carbocycles. The third kappa shape index (κ3) is 2.90. The number of hydrogen-bond acceptors (Lipinski definition) is 4. The Morgan fingerprint density at radius 3 is 2.22 bits per heavy atom. The first kappa shape index (κ1) is 14.7. The molecule has 0 aliphatic heterocycles. The maximum atomic E-state index is 11.9. The van der Waals surface area contributed by atoms with Gasteiger partial charge in [-0.15, -0.1) is 0 Å². The number of H-pyrrole nitrogens is 1. The quantitative estimate of drug-likeness (QED) is 0.868. The number of methoxy groups -OCH3 is 1. The number of aromatic nitrogens is 2. The van der Waals surface area contributed by atoms with Gasteiger partial charge in [0.2, 0.25) is 5.88 Å². The maximum Gasteiger partial charge on any atom is 0.258 e. The molecule has 1 rings (SSSR count). The fourth-order valence-electron chi connectivity index (χ4n) is 2.01. The van der Waals surface area contributed by atoms with Crippen LogP contribution in [0.25, 0.3) is 0 Å². The summed E-state index contributed by atoms with van der Waals surface area (Å²) in [4.78, 5) is 18.7. The van der Waals surface area contributed by atoms with Crippen molar-refractivity contribution in [3.8, 4) is 5.88 Å². The SMILES string of the molecule is COC(c1nc(O)c(C(C)C)c(=O)[nH]1)C(C)(C)C. The van der Waals surface area contributed by atoms with Crippen LogP contribution in [0.3, 0.4) is 0 Å². The van der Waals surface area contributed by atoms with Crippen LogP contribution in [0.4, 0.5) is 0 Å². The van der Waals surface area contributed by atoms with Gasteiger partial charge in [0.05, 0.1) is 5.56 Å². The van der Waals surface area contributed by atoms with E-state index in [1.165, 1.54) is 0 Å². The van der Waals surface area contributed by atoms with Crippen LogP contribution < -0.4 is 5.56 Å². The van der Waals surface area contributed by atoms with Gasteiger partial charge in [-0.25, -0.2) is 0 Å². The van der Waals surface area contributed by atoms with E-state index in [-0.39, 0.29) is 28.9 Å². The summed E-state index contributed by atoms with van der Waals surface area (Å²) >= 11 is 0. The Bertz CT molecular complexity index is 472. The fourth-order valence-corrected chi connectivity index (χ4v) is 2.01. The zero-order valence-corrected chi connectivity index (χ0v) is 11.9. The molecule has 0 amide bonds. The Labute approximate surface area is 107 Å². The molecule has 2 N–H and O–H groups in total. The van der Waals surface area contributed by atoms with Crippen molar-refractivity contribution in [1.29, 1.82) is 0 Å². The van der Waals surface area contributed by atoms with Crippen LogP contribution in [0.5, 0.6) is 5.88 Å². The van der Waals surface area contributed by atoms with Gasteiger partial charge in [-0.1, -0.05) is 34.6 Å². The highest BCUT2D eigenvalue weighted by atomic mass is 16.5. The van der Waals surface area contributed by atoms with E-state index in [4.69, 9.17) is 4.74 Å². The molecular formula is C13H22N2O3. The zero-order chi connectivity index (χ0) is 14.1. The highest BCUT2D eigenvalue weighted by Crippen LogP contribution is 2.34. The van der Waals surface area contributed by atoms with Gasteiger partial charge in [0.25, 0.3) is 5.56 Å². The lowest BCUT2D eigenvalue weighted by molar-refractivity contribution is 0.00804. The Morgan fingerprint density at radius 2 is 1.89 bits per heavy atom. The van der Waals surface area contributed by atoms with Crippen molar-refractivity contribution < 1.29 is 9.84 Å². The lowest BCUT2D eigenvalue weighted by Gasteiger charge is -2.28. The molecule has 0 spiro atoms. The van der Waals surface area contributed by atoms with Crippen molar-refractivity contribution in [1.82, 2.24) is 9.97 Å². The minimum absolute atomic E-state index is 0.0778. The van der Waals surface area contributed by atoms with Crippen LogP contribution in [0.15, 0.2) is 4.79 Å². The molecule has 1 unspecified atom stereocenters. The average molecular weight is 254 g/mol. The molecule has 0 aliphatic rings. The number of nitrogens with zero attached hydrogens (tertiary/aromatic N) is 1. The Hall–Kier alpha value is -1.36. The number of hydrogen-bond donors (Lipinski definition) is 2. The predicted octanol–water partition coefficient (Wildman–Crippen LogP) is 2.33. The van der Waals surface area contributed by atoms with Crippen LogP contribution in [0.2, 0.25) is 0 Å². The first-order valence-corrected chi connectivity index (χ1v) is 6.04. The van der Waals surface area contributed by atoms with Crippen LogP contribution in [0.1, 0.15) is 58.0 Å². The highest BCUT2D eigenvalue weighted by Gasteiger charge is 2.29. The monoisotopic (exact) mass is 254 g/mol. The summed E-state index contributed by atoms with van der Waals surface area (Å²) in [6.07, 6.45) is -0.377. The van der Waals surface area contributed by atoms with Crippen LogP contribution in [-0.4, -0.2) is 22.2 Å². The van der Waals surface area contributed by atoms with Crippen molar-refractivity contribution in [2.75, 3.05) is 7.11 Å². The second-order valence-corrected chi connectivity index (χ2v) is 5.82. The third-order valence-corrected chi connectivity index (χ3v) is 2.80. The molecule has 5 heteroatoms. The average Bonchev–Trinajstić information content (AvgIpc) is 2.13. The highest BCUT2D eigenvalue weighted by molar-refractivity contribution is 5.26. The van der Waals surface area contributed by atoms with Gasteiger partial charge in [0.15, 0.2) is 0 Å². The van der Waals surface area contributed by atoms with E-state index in [0.717, 1.165) is 0 Å². The molecule has 0 saturated heterocycles. The first-order chi connectivity index (χ1) is 8.18. The van der Waals surface area contributed by atoms with E-state index in [1.807, 2.05) is 34.6 Å². The molecule has 5 nitrogen and oxygen atoms in total. The molecule has 18 heavy (non-hydrogen) atoms. The van der Waals surface area contributed by atoms with Gasteiger partial charge in [-0.05, 0) is 11.3 Å². The first-order valence-electron chi connectivity index (χ1n) is 6.04. The Morgan fingerprint density at radius 1 is 1.33 bits per heavy atom. The normalized spacial score (nSPS) is 13.9. The number of aromatic amines is 1. The third-order valence-electron chi connectivity index (χ3n) is 2.80. The summed E-state index contributed by atoms with van der Waals surface area (Å²) < 4.78 is 5.37. The van der Waals surface area contributed by atoms with Gasteiger partial charge in [-0.3, -0.25) is 4.79 Å². The summed E-state index contributed by atoms with van der Waals surface area (Å²) in [5, 5.41) is 9.87. The number of aromatic hydroxyl groups is 1. The van der Waals surface area contributed by atoms with E-state index < -0.39 is 0 Å². The number of ether oxygens (including phenoxy) is 1. The predicted molar refractivity (Wildman–Crippen MR) is 69.8 cm³/mol. The smallest absolute Gasteiger partial charge is 0.258 e. The molecule has 0 radical (unpaired) electrons. The molecule has 0 bridgehead atoms.